The van der Waals surface area contributed by atoms with Crippen LogP contribution in [0.1, 0.15) is 11.5 Å². The number of nitrogens with zero attached hydrogens (tertiary/aromatic N) is 2. The number of aromatic nitrogens is 2. The van der Waals surface area contributed by atoms with Crippen LogP contribution >= 0.6 is 0 Å². The first-order valence-electron chi connectivity index (χ1n) is 7.98. The van der Waals surface area contributed by atoms with E-state index in [2.05, 4.69) is 14.9 Å². The Morgan fingerprint density at radius 2 is 1.82 bits per heavy atom. The highest BCUT2D eigenvalue weighted by Crippen LogP contribution is 2.17. The lowest BCUT2D eigenvalue weighted by molar-refractivity contribution is -0.139. The third kappa shape index (κ3) is 5.44. The van der Waals surface area contributed by atoms with Gasteiger partial charge in [-0.05, 0) is 48.0 Å². The fourth-order valence-corrected chi connectivity index (χ4v) is 2.14. The first-order valence-corrected chi connectivity index (χ1v) is 7.98. The molecule has 1 aromatic heterocycles. The molecule has 0 saturated heterocycles. The van der Waals surface area contributed by atoms with E-state index in [-0.39, 0.29) is 29.9 Å². The van der Waals surface area contributed by atoms with E-state index in [1.54, 1.807) is 0 Å². The number of alkyl halides is 2. The van der Waals surface area contributed by atoms with Crippen molar-refractivity contribution >= 4 is 12.0 Å². The summed E-state index contributed by atoms with van der Waals surface area (Å²) in [6, 6.07) is 11.2. The van der Waals surface area contributed by atoms with Crippen LogP contribution in [0, 0.1) is 5.82 Å². The van der Waals surface area contributed by atoms with Crippen molar-refractivity contribution in [2.75, 3.05) is 0 Å². The molecule has 0 aliphatic carbocycles. The molecule has 0 aliphatic heterocycles. The molecular weight excluding hydrogens is 377 g/mol. The van der Waals surface area contributed by atoms with E-state index in [1.807, 2.05) is 0 Å². The lowest BCUT2D eigenvalue weighted by Crippen LogP contribution is -2.01. The van der Waals surface area contributed by atoms with Gasteiger partial charge < -0.3 is 14.0 Å². The molecule has 1 heterocycles. The molecule has 0 fully saturated rings. The van der Waals surface area contributed by atoms with Crippen molar-refractivity contribution in [2.45, 2.75) is 13.2 Å². The third-order valence-corrected chi connectivity index (χ3v) is 3.43. The van der Waals surface area contributed by atoms with Crippen LogP contribution in [0.15, 0.2) is 59.1 Å². The Labute approximate surface area is 157 Å². The zero-order chi connectivity index (χ0) is 19.9. The highest BCUT2D eigenvalue weighted by Gasteiger charge is 2.10. The van der Waals surface area contributed by atoms with Crippen molar-refractivity contribution in [1.82, 2.24) is 10.1 Å². The van der Waals surface area contributed by atoms with Crippen molar-refractivity contribution in [3.63, 3.8) is 0 Å². The van der Waals surface area contributed by atoms with Gasteiger partial charge in [-0.25, -0.2) is 9.18 Å². The van der Waals surface area contributed by atoms with Gasteiger partial charge in [0, 0.05) is 11.6 Å². The van der Waals surface area contributed by atoms with E-state index in [1.165, 1.54) is 60.7 Å². The molecule has 3 rings (SSSR count). The first-order chi connectivity index (χ1) is 13.5. The molecule has 0 amide bonds. The second-order valence-electron chi connectivity index (χ2n) is 5.41. The van der Waals surface area contributed by atoms with Gasteiger partial charge in [-0.1, -0.05) is 17.3 Å². The molecule has 6 nitrogen and oxygen atoms in total. The minimum Gasteiger partial charge on any atom is -0.452 e. The number of hydrogen-bond acceptors (Lipinski definition) is 6. The van der Waals surface area contributed by atoms with Gasteiger partial charge in [-0.3, -0.25) is 0 Å². The van der Waals surface area contributed by atoms with E-state index in [4.69, 9.17) is 9.26 Å². The lowest BCUT2D eigenvalue weighted by atomic mass is 10.2. The van der Waals surface area contributed by atoms with Crippen molar-refractivity contribution in [3.05, 3.63) is 71.9 Å². The van der Waals surface area contributed by atoms with Gasteiger partial charge in [0.05, 0.1) is 0 Å². The van der Waals surface area contributed by atoms with Crippen LogP contribution in [0.2, 0.25) is 0 Å². The molecule has 144 valence electrons. The molecule has 0 unspecified atom stereocenters. The Bertz CT molecular complexity index is 954. The minimum absolute atomic E-state index is 0.0167. The van der Waals surface area contributed by atoms with Crippen LogP contribution in [-0.2, 0) is 16.1 Å². The predicted octanol–water partition coefficient (Wildman–Crippen LogP) is 4.23. The second-order valence-corrected chi connectivity index (χ2v) is 5.41. The highest BCUT2D eigenvalue weighted by molar-refractivity contribution is 5.87. The summed E-state index contributed by atoms with van der Waals surface area (Å²) in [6.07, 6.45) is 2.62. The molecule has 28 heavy (non-hydrogen) atoms. The standard InChI is InChI=1S/C19H13F3N2O4/c20-14-6-4-13(5-7-14)18-23-16(28-24-18)11-26-17(25)10-3-12-1-8-15(9-2-12)27-19(21)22/h1-10,19H,11H2/b10-3+. The van der Waals surface area contributed by atoms with Gasteiger partial charge in [0.2, 0.25) is 5.82 Å². The molecule has 0 saturated carbocycles. The lowest BCUT2D eigenvalue weighted by Gasteiger charge is -2.03. The first kappa shape index (κ1) is 19.2. The predicted molar refractivity (Wildman–Crippen MR) is 91.6 cm³/mol. The van der Waals surface area contributed by atoms with E-state index < -0.39 is 12.6 Å². The van der Waals surface area contributed by atoms with Gasteiger partial charge in [0.1, 0.15) is 11.6 Å². The van der Waals surface area contributed by atoms with Gasteiger partial charge >= 0.3 is 12.6 Å². The number of hydrogen-bond donors (Lipinski definition) is 0. The summed E-state index contributed by atoms with van der Waals surface area (Å²) < 4.78 is 51.3. The maximum atomic E-state index is 12.9. The Balaban J connectivity index is 1.51. The monoisotopic (exact) mass is 390 g/mol. The third-order valence-electron chi connectivity index (χ3n) is 3.43. The molecule has 0 bridgehead atoms. The summed E-state index contributed by atoms with van der Waals surface area (Å²) in [5, 5.41) is 3.73. The van der Waals surface area contributed by atoms with Crippen molar-refractivity contribution in [3.8, 4) is 17.1 Å². The zero-order valence-electron chi connectivity index (χ0n) is 14.2. The van der Waals surface area contributed by atoms with Crippen LogP contribution in [0.25, 0.3) is 17.5 Å². The Morgan fingerprint density at radius 1 is 1.11 bits per heavy atom. The number of carbonyl (C=O) groups is 1. The molecule has 0 aliphatic rings. The normalized spacial score (nSPS) is 11.1. The summed E-state index contributed by atoms with van der Waals surface area (Å²) in [5.41, 5.74) is 1.15. The maximum Gasteiger partial charge on any atom is 0.387 e. The van der Waals surface area contributed by atoms with Crippen molar-refractivity contribution in [2.24, 2.45) is 0 Å². The fourth-order valence-electron chi connectivity index (χ4n) is 2.14. The summed E-state index contributed by atoms with van der Waals surface area (Å²) >= 11 is 0. The smallest absolute Gasteiger partial charge is 0.387 e. The number of halogens is 3. The summed E-state index contributed by atoms with van der Waals surface area (Å²) in [7, 11) is 0. The number of esters is 1. The summed E-state index contributed by atoms with van der Waals surface area (Å²) in [6.45, 7) is -3.14. The molecule has 0 atom stereocenters. The molecule has 0 radical (unpaired) electrons. The minimum atomic E-state index is -2.90. The molecule has 9 heteroatoms. The molecule has 0 spiro atoms. The average molecular weight is 390 g/mol. The van der Waals surface area contributed by atoms with Crippen molar-refractivity contribution in [1.29, 1.82) is 0 Å². The van der Waals surface area contributed by atoms with E-state index in [0.717, 1.165) is 0 Å². The zero-order valence-corrected chi connectivity index (χ0v) is 14.2. The number of carbonyl (C=O) groups excluding carboxylic acids is 1. The number of rotatable bonds is 7. The number of ether oxygens (including phenoxy) is 2. The van der Waals surface area contributed by atoms with Crippen molar-refractivity contribution < 1.29 is 32.0 Å². The van der Waals surface area contributed by atoms with Gasteiger partial charge in [0.15, 0.2) is 6.61 Å². The summed E-state index contributed by atoms with van der Waals surface area (Å²) in [4.78, 5) is 15.8. The Hall–Kier alpha value is -3.62. The molecule has 2 aromatic carbocycles. The maximum absolute atomic E-state index is 12.9. The van der Waals surface area contributed by atoms with Crippen LogP contribution in [0.3, 0.4) is 0 Å². The van der Waals surface area contributed by atoms with E-state index in [0.29, 0.717) is 11.1 Å². The molecule has 3 aromatic rings. The second kappa shape index (κ2) is 8.85. The Morgan fingerprint density at radius 3 is 2.50 bits per heavy atom. The highest BCUT2D eigenvalue weighted by atomic mass is 19.3. The summed E-state index contributed by atoms with van der Waals surface area (Å²) in [5.74, 6) is -0.704. The van der Waals surface area contributed by atoms with E-state index >= 15 is 0 Å². The van der Waals surface area contributed by atoms with Gasteiger partial charge in [-0.15, -0.1) is 0 Å². The van der Waals surface area contributed by atoms with Crippen LogP contribution in [0.5, 0.6) is 5.75 Å². The quantitative estimate of drug-likeness (QED) is 0.444. The van der Waals surface area contributed by atoms with Gasteiger partial charge in [0.25, 0.3) is 5.89 Å². The topological polar surface area (TPSA) is 74.5 Å². The van der Waals surface area contributed by atoms with Crippen LogP contribution < -0.4 is 4.74 Å². The Kier molecular flexibility index (Phi) is 6.05. The SMILES string of the molecule is O=C(/C=C/c1ccc(OC(F)F)cc1)OCc1nc(-c2ccc(F)cc2)no1. The molecule has 0 N–H and O–H groups in total. The average Bonchev–Trinajstić information content (AvgIpc) is 3.15. The van der Waals surface area contributed by atoms with Gasteiger partial charge in [-0.2, -0.15) is 13.8 Å². The largest absolute Gasteiger partial charge is 0.452 e. The molecular formula is C19H13F3N2O4. The van der Waals surface area contributed by atoms with E-state index in [9.17, 15) is 18.0 Å². The van der Waals surface area contributed by atoms with Crippen LogP contribution in [-0.4, -0.2) is 22.7 Å². The fraction of sp³-hybridized carbons (Fsp3) is 0.105. The van der Waals surface area contributed by atoms with Crippen LogP contribution in [0.4, 0.5) is 13.2 Å². The number of benzene rings is 2.